The fourth-order valence-electron chi connectivity index (χ4n) is 3.01. The van der Waals surface area contributed by atoms with Crippen LogP contribution in [-0.4, -0.2) is 21.5 Å². The number of hydrogen-bond acceptors (Lipinski definition) is 4. The molecule has 21 heavy (non-hydrogen) atoms. The van der Waals surface area contributed by atoms with E-state index in [2.05, 4.69) is 10.3 Å². The summed E-state index contributed by atoms with van der Waals surface area (Å²) in [5.41, 5.74) is 4.56. The van der Waals surface area contributed by atoms with Gasteiger partial charge in [-0.2, -0.15) is 0 Å². The molecule has 0 bridgehead atoms. The largest absolute Gasteiger partial charge is 0.312 e. The predicted molar refractivity (Wildman–Crippen MR) is 82.3 cm³/mol. The third kappa shape index (κ3) is 2.43. The van der Waals surface area contributed by atoms with Crippen LogP contribution in [0.5, 0.6) is 0 Å². The lowest BCUT2D eigenvalue weighted by molar-refractivity contribution is 0.404. The maximum Gasteiger partial charge on any atom is 0.178 e. The molecule has 108 valence electrons. The molecule has 0 radical (unpaired) electrons. The highest BCUT2D eigenvalue weighted by Gasteiger charge is 2.27. The van der Waals surface area contributed by atoms with Crippen molar-refractivity contribution in [3.63, 3.8) is 0 Å². The van der Waals surface area contributed by atoms with E-state index < -0.39 is 0 Å². The molecule has 2 aliphatic rings. The highest BCUT2D eigenvalue weighted by atomic mass is 35.5. The standard InChI is InChI=1S/C16H17ClN4/c17-11-4-5-14(19-8-11)16-20-13-6-7-18-9-12(13)15(21-16)10-2-1-3-10/h4-5,8,10,18H,1-3,6-7,9H2. The maximum atomic E-state index is 5.92. The van der Waals surface area contributed by atoms with Crippen molar-refractivity contribution in [1.82, 2.24) is 20.3 Å². The second-order valence-corrected chi connectivity index (χ2v) is 6.21. The van der Waals surface area contributed by atoms with Crippen LogP contribution in [0.1, 0.15) is 42.1 Å². The Bertz CT molecular complexity index is 665. The molecule has 4 nitrogen and oxygen atoms in total. The Balaban J connectivity index is 1.82. The van der Waals surface area contributed by atoms with Crippen molar-refractivity contribution in [2.75, 3.05) is 6.54 Å². The van der Waals surface area contributed by atoms with Gasteiger partial charge in [-0.3, -0.25) is 4.98 Å². The second-order valence-electron chi connectivity index (χ2n) is 5.77. The van der Waals surface area contributed by atoms with Crippen LogP contribution < -0.4 is 5.32 Å². The first kappa shape index (κ1) is 13.2. The lowest BCUT2D eigenvalue weighted by atomic mass is 9.80. The molecular formula is C16H17ClN4. The first-order valence-electron chi connectivity index (χ1n) is 7.53. The second kappa shape index (κ2) is 5.35. The lowest BCUT2D eigenvalue weighted by Gasteiger charge is -2.29. The summed E-state index contributed by atoms with van der Waals surface area (Å²) < 4.78 is 0. The normalized spacial score (nSPS) is 18.1. The minimum absolute atomic E-state index is 0.604. The van der Waals surface area contributed by atoms with Gasteiger partial charge in [0.2, 0.25) is 0 Å². The number of halogens is 1. The Morgan fingerprint density at radius 1 is 1.19 bits per heavy atom. The van der Waals surface area contributed by atoms with Gasteiger partial charge >= 0.3 is 0 Å². The van der Waals surface area contributed by atoms with Gasteiger partial charge in [0.15, 0.2) is 5.82 Å². The molecule has 1 saturated carbocycles. The molecule has 0 amide bonds. The first-order chi connectivity index (χ1) is 10.3. The summed E-state index contributed by atoms with van der Waals surface area (Å²) in [6.45, 7) is 1.89. The van der Waals surface area contributed by atoms with Gasteiger partial charge in [0.25, 0.3) is 0 Å². The Morgan fingerprint density at radius 3 is 2.81 bits per heavy atom. The average Bonchev–Trinajstić information content (AvgIpc) is 2.46. The van der Waals surface area contributed by atoms with Gasteiger partial charge in [-0.1, -0.05) is 18.0 Å². The molecule has 2 aromatic heterocycles. The van der Waals surface area contributed by atoms with Gasteiger partial charge in [0, 0.05) is 37.2 Å². The van der Waals surface area contributed by atoms with Gasteiger partial charge < -0.3 is 5.32 Å². The molecule has 1 fully saturated rings. The smallest absolute Gasteiger partial charge is 0.178 e. The predicted octanol–water partition coefficient (Wildman–Crippen LogP) is 3.11. The van der Waals surface area contributed by atoms with Crippen molar-refractivity contribution in [3.8, 4) is 11.5 Å². The van der Waals surface area contributed by atoms with E-state index in [0.717, 1.165) is 31.0 Å². The number of nitrogens with zero attached hydrogens (tertiary/aromatic N) is 3. The average molecular weight is 301 g/mol. The lowest BCUT2D eigenvalue weighted by Crippen LogP contribution is -2.28. The zero-order chi connectivity index (χ0) is 14.2. The van der Waals surface area contributed by atoms with Crippen molar-refractivity contribution < 1.29 is 0 Å². The van der Waals surface area contributed by atoms with Crippen molar-refractivity contribution >= 4 is 11.6 Å². The van der Waals surface area contributed by atoms with Gasteiger partial charge in [-0.05, 0) is 25.0 Å². The summed E-state index contributed by atoms with van der Waals surface area (Å²) in [5.74, 6) is 1.35. The maximum absolute atomic E-state index is 5.92. The molecule has 0 aromatic carbocycles. The summed E-state index contributed by atoms with van der Waals surface area (Å²) >= 11 is 5.92. The van der Waals surface area contributed by atoms with Crippen LogP contribution in [0, 0.1) is 0 Å². The Hall–Kier alpha value is -1.52. The van der Waals surface area contributed by atoms with Crippen LogP contribution in [0.25, 0.3) is 11.5 Å². The summed E-state index contributed by atoms with van der Waals surface area (Å²) in [6.07, 6.45) is 6.43. The molecule has 2 aromatic rings. The monoisotopic (exact) mass is 300 g/mol. The molecule has 5 heteroatoms. The van der Waals surface area contributed by atoms with Crippen LogP contribution in [0.2, 0.25) is 5.02 Å². The van der Waals surface area contributed by atoms with Crippen molar-refractivity contribution in [1.29, 1.82) is 0 Å². The summed E-state index contributed by atoms with van der Waals surface area (Å²) in [5, 5.41) is 4.08. The van der Waals surface area contributed by atoms with E-state index in [-0.39, 0.29) is 0 Å². The minimum Gasteiger partial charge on any atom is -0.312 e. The van der Waals surface area contributed by atoms with E-state index in [1.807, 2.05) is 12.1 Å². The number of nitrogens with one attached hydrogen (secondary N) is 1. The number of fused-ring (bicyclic) bond motifs is 1. The molecule has 1 aliphatic heterocycles. The zero-order valence-corrected chi connectivity index (χ0v) is 12.5. The third-order valence-corrected chi connectivity index (χ3v) is 4.64. The molecule has 0 saturated heterocycles. The highest BCUT2D eigenvalue weighted by Crippen LogP contribution is 2.38. The van der Waals surface area contributed by atoms with E-state index in [4.69, 9.17) is 21.6 Å². The number of rotatable bonds is 2. The van der Waals surface area contributed by atoms with E-state index >= 15 is 0 Å². The number of pyridine rings is 1. The van der Waals surface area contributed by atoms with E-state index in [9.17, 15) is 0 Å². The van der Waals surface area contributed by atoms with Crippen LogP contribution in [-0.2, 0) is 13.0 Å². The molecule has 4 rings (SSSR count). The number of hydrogen-bond donors (Lipinski definition) is 1. The van der Waals surface area contributed by atoms with Crippen LogP contribution in [0.4, 0.5) is 0 Å². The fraction of sp³-hybridized carbons (Fsp3) is 0.438. The molecule has 1 N–H and O–H groups in total. The van der Waals surface area contributed by atoms with E-state index in [1.165, 1.54) is 36.2 Å². The third-order valence-electron chi connectivity index (χ3n) is 4.41. The van der Waals surface area contributed by atoms with Crippen LogP contribution >= 0.6 is 11.6 Å². The van der Waals surface area contributed by atoms with E-state index in [0.29, 0.717) is 10.9 Å². The summed E-state index contributed by atoms with van der Waals surface area (Å²) in [4.78, 5) is 14.0. The summed E-state index contributed by atoms with van der Waals surface area (Å²) in [7, 11) is 0. The molecule has 1 aliphatic carbocycles. The molecule has 0 unspecified atom stereocenters. The van der Waals surface area contributed by atoms with Crippen molar-refractivity contribution in [2.24, 2.45) is 0 Å². The summed E-state index contributed by atoms with van der Waals surface area (Å²) in [6, 6.07) is 3.74. The van der Waals surface area contributed by atoms with Gasteiger partial charge in [-0.25, -0.2) is 9.97 Å². The van der Waals surface area contributed by atoms with Crippen LogP contribution in [0.15, 0.2) is 18.3 Å². The topological polar surface area (TPSA) is 50.7 Å². The van der Waals surface area contributed by atoms with Gasteiger partial charge in [0.05, 0.1) is 16.4 Å². The van der Waals surface area contributed by atoms with Crippen molar-refractivity contribution in [2.45, 2.75) is 38.1 Å². The fourth-order valence-corrected chi connectivity index (χ4v) is 3.12. The van der Waals surface area contributed by atoms with Gasteiger partial charge in [-0.15, -0.1) is 0 Å². The SMILES string of the molecule is Clc1ccc(-c2nc3c(c(C4CCC4)n2)CNCC3)nc1. The molecule has 0 atom stereocenters. The molecular weight excluding hydrogens is 284 g/mol. The molecule has 0 spiro atoms. The molecule has 3 heterocycles. The number of aromatic nitrogens is 3. The highest BCUT2D eigenvalue weighted by molar-refractivity contribution is 6.30. The Morgan fingerprint density at radius 2 is 2.10 bits per heavy atom. The zero-order valence-electron chi connectivity index (χ0n) is 11.8. The van der Waals surface area contributed by atoms with Crippen molar-refractivity contribution in [3.05, 3.63) is 40.3 Å². The first-order valence-corrected chi connectivity index (χ1v) is 7.91. The minimum atomic E-state index is 0.604. The Labute approximate surface area is 129 Å². The van der Waals surface area contributed by atoms with Crippen LogP contribution in [0.3, 0.4) is 0 Å². The van der Waals surface area contributed by atoms with E-state index in [1.54, 1.807) is 6.20 Å². The quantitative estimate of drug-likeness (QED) is 0.926. The van der Waals surface area contributed by atoms with Gasteiger partial charge in [0.1, 0.15) is 5.69 Å². The Kier molecular flexibility index (Phi) is 3.36.